The number of pyridine rings is 1. The van der Waals surface area contributed by atoms with Gasteiger partial charge in [0.2, 0.25) is 0 Å². The second-order valence-corrected chi connectivity index (χ2v) is 4.31. The number of hydrogen-bond donors (Lipinski definition) is 1. The molecule has 0 unspecified atom stereocenters. The summed E-state index contributed by atoms with van der Waals surface area (Å²) < 4.78 is 0. The Morgan fingerprint density at radius 1 is 1.47 bits per heavy atom. The van der Waals surface area contributed by atoms with E-state index in [1.807, 2.05) is 12.3 Å². The molecule has 1 rings (SSSR count). The third-order valence-electron chi connectivity index (χ3n) is 2.56. The largest absolute Gasteiger partial charge is 0.373 e. The third-order valence-corrected chi connectivity index (χ3v) is 2.56. The zero-order chi connectivity index (χ0) is 11.3. The highest BCUT2D eigenvalue weighted by Crippen LogP contribution is 2.17. The van der Waals surface area contributed by atoms with E-state index >= 15 is 0 Å². The highest BCUT2D eigenvalue weighted by atomic mass is 15.1. The SMILES string of the molecule is CC(C)CCN(C)c1cnccc1CN. The Balaban J connectivity index is 2.68. The van der Waals surface area contributed by atoms with Crippen molar-refractivity contribution in [2.75, 3.05) is 18.5 Å². The molecule has 15 heavy (non-hydrogen) atoms. The minimum Gasteiger partial charge on any atom is -0.373 e. The quantitative estimate of drug-likeness (QED) is 0.803. The van der Waals surface area contributed by atoms with Crippen LogP contribution < -0.4 is 10.6 Å². The van der Waals surface area contributed by atoms with Crippen LogP contribution in [0.2, 0.25) is 0 Å². The predicted octanol–water partition coefficient (Wildman–Crippen LogP) is 2.02. The number of nitrogens with two attached hydrogens (primary N) is 1. The molecule has 0 spiro atoms. The van der Waals surface area contributed by atoms with Gasteiger partial charge in [-0.15, -0.1) is 0 Å². The standard InChI is InChI=1S/C12H21N3/c1-10(2)5-7-15(3)12-9-14-6-4-11(12)8-13/h4,6,9-10H,5,7-8,13H2,1-3H3. The van der Waals surface area contributed by atoms with Gasteiger partial charge in [0.1, 0.15) is 0 Å². The molecule has 1 aromatic rings. The fourth-order valence-corrected chi connectivity index (χ4v) is 1.50. The van der Waals surface area contributed by atoms with Crippen molar-refractivity contribution < 1.29 is 0 Å². The van der Waals surface area contributed by atoms with Crippen molar-refractivity contribution in [2.24, 2.45) is 11.7 Å². The first-order valence-electron chi connectivity index (χ1n) is 5.49. The lowest BCUT2D eigenvalue weighted by Crippen LogP contribution is -2.22. The van der Waals surface area contributed by atoms with Gasteiger partial charge in [0.25, 0.3) is 0 Å². The molecular weight excluding hydrogens is 186 g/mol. The fourth-order valence-electron chi connectivity index (χ4n) is 1.50. The molecule has 0 aliphatic carbocycles. The average molecular weight is 207 g/mol. The van der Waals surface area contributed by atoms with Gasteiger partial charge in [0, 0.05) is 26.3 Å². The van der Waals surface area contributed by atoms with Gasteiger partial charge in [-0.05, 0) is 24.0 Å². The average Bonchev–Trinajstić information content (AvgIpc) is 2.25. The smallest absolute Gasteiger partial charge is 0.0595 e. The summed E-state index contributed by atoms with van der Waals surface area (Å²) in [7, 11) is 2.10. The van der Waals surface area contributed by atoms with E-state index < -0.39 is 0 Å². The molecule has 0 saturated heterocycles. The molecule has 1 aromatic heterocycles. The summed E-state index contributed by atoms with van der Waals surface area (Å²) in [5.41, 5.74) is 8.01. The maximum atomic E-state index is 5.69. The third kappa shape index (κ3) is 3.51. The molecule has 3 nitrogen and oxygen atoms in total. The van der Waals surface area contributed by atoms with Crippen molar-refractivity contribution in [1.82, 2.24) is 4.98 Å². The molecule has 1 heterocycles. The van der Waals surface area contributed by atoms with Crippen LogP contribution in [0.3, 0.4) is 0 Å². The molecule has 0 amide bonds. The van der Waals surface area contributed by atoms with Gasteiger partial charge in [-0.25, -0.2) is 0 Å². The monoisotopic (exact) mass is 207 g/mol. The molecular formula is C12H21N3. The lowest BCUT2D eigenvalue weighted by Gasteiger charge is -2.22. The molecule has 84 valence electrons. The van der Waals surface area contributed by atoms with Crippen molar-refractivity contribution in [1.29, 1.82) is 0 Å². The molecule has 0 saturated carbocycles. The van der Waals surface area contributed by atoms with Gasteiger partial charge < -0.3 is 10.6 Å². The van der Waals surface area contributed by atoms with E-state index in [1.165, 1.54) is 6.42 Å². The van der Waals surface area contributed by atoms with Gasteiger partial charge in [0.15, 0.2) is 0 Å². The lowest BCUT2D eigenvalue weighted by atomic mass is 10.1. The van der Waals surface area contributed by atoms with Crippen LogP contribution in [0.5, 0.6) is 0 Å². The van der Waals surface area contributed by atoms with E-state index in [2.05, 4.69) is 30.8 Å². The Hall–Kier alpha value is -1.09. The predicted molar refractivity (Wildman–Crippen MR) is 64.9 cm³/mol. The first-order chi connectivity index (χ1) is 7.15. The molecule has 0 bridgehead atoms. The van der Waals surface area contributed by atoms with Crippen LogP contribution in [0.15, 0.2) is 18.5 Å². The van der Waals surface area contributed by atoms with Crippen molar-refractivity contribution >= 4 is 5.69 Å². The minimum atomic E-state index is 0.573. The topological polar surface area (TPSA) is 42.2 Å². The number of aromatic nitrogens is 1. The molecule has 0 aliphatic rings. The lowest BCUT2D eigenvalue weighted by molar-refractivity contribution is 0.584. The van der Waals surface area contributed by atoms with E-state index in [4.69, 9.17) is 5.73 Å². The highest BCUT2D eigenvalue weighted by molar-refractivity contribution is 5.50. The number of hydrogen-bond acceptors (Lipinski definition) is 3. The van der Waals surface area contributed by atoms with Crippen molar-refractivity contribution in [3.05, 3.63) is 24.0 Å². The Morgan fingerprint density at radius 2 is 2.20 bits per heavy atom. The highest BCUT2D eigenvalue weighted by Gasteiger charge is 2.06. The molecule has 0 aliphatic heterocycles. The second-order valence-electron chi connectivity index (χ2n) is 4.31. The zero-order valence-corrected chi connectivity index (χ0v) is 9.90. The molecule has 0 fully saturated rings. The summed E-state index contributed by atoms with van der Waals surface area (Å²) in [6.45, 7) is 6.10. The zero-order valence-electron chi connectivity index (χ0n) is 9.90. The van der Waals surface area contributed by atoms with Gasteiger partial charge in [-0.2, -0.15) is 0 Å². The van der Waals surface area contributed by atoms with Crippen LogP contribution in [-0.4, -0.2) is 18.6 Å². The van der Waals surface area contributed by atoms with Crippen LogP contribution in [-0.2, 0) is 6.54 Å². The Labute approximate surface area is 92.3 Å². The van der Waals surface area contributed by atoms with Gasteiger partial charge >= 0.3 is 0 Å². The minimum absolute atomic E-state index is 0.573. The summed E-state index contributed by atoms with van der Waals surface area (Å²) in [5, 5.41) is 0. The first kappa shape index (κ1) is 12.0. The molecule has 0 atom stereocenters. The Morgan fingerprint density at radius 3 is 2.80 bits per heavy atom. The van der Waals surface area contributed by atoms with Crippen LogP contribution in [0.4, 0.5) is 5.69 Å². The van der Waals surface area contributed by atoms with Crippen molar-refractivity contribution in [3.8, 4) is 0 Å². The van der Waals surface area contributed by atoms with Gasteiger partial charge in [0.05, 0.1) is 11.9 Å². The number of anilines is 1. The van der Waals surface area contributed by atoms with E-state index in [0.29, 0.717) is 6.54 Å². The summed E-state index contributed by atoms with van der Waals surface area (Å²) in [6.07, 6.45) is 4.87. The second kappa shape index (κ2) is 5.71. The summed E-state index contributed by atoms with van der Waals surface area (Å²) in [5.74, 6) is 0.727. The van der Waals surface area contributed by atoms with Crippen LogP contribution in [0.25, 0.3) is 0 Å². The van der Waals surface area contributed by atoms with Crippen LogP contribution >= 0.6 is 0 Å². The van der Waals surface area contributed by atoms with E-state index in [9.17, 15) is 0 Å². The summed E-state index contributed by atoms with van der Waals surface area (Å²) in [4.78, 5) is 6.38. The maximum Gasteiger partial charge on any atom is 0.0595 e. The normalized spacial score (nSPS) is 10.7. The number of nitrogens with zero attached hydrogens (tertiary/aromatic N) is 2. The molecule has 3 heteroatoms. The van der Waals surface area contributed by atoms with Gasteiger partial charge in [-0.3, -0.25) is 4.98 Å². The van der Waals surface area contributed by atoms with E-state index in [0.717, 1.165) is 23.7 Å². The Kier molecular flexibility index (Phi) is 4.56. The van der Waals surface area contributed by atoms with Crippen molar-refractivity contribution in [3.63, 3.8) is 0 Å². The maximum absolute atomic E-state index is 5.69. The molecule has 0 radical (unpaired) electrons. The summed E-state index contributed by atoms with van der Waals surface area (Å²) >= 11 is 0. The van der Waals surface area contributed by atoms with Crippen LogP contribution in [0, 0.1) is 5.92 Å². The van der Waals surface area contributed by atoms with E-state index in [1.54, 1.807) is 6.20 Å². The van der Waals surface area contributed by atoms with Crippen molar-refractivity contribution in [2.45, 2.75) is 26.8 Å². The first-order valence-corrected chi connectivity index (χ1v) is 5.49. The molecule has 0 aromatic carbocycles. The van der Waals surface area contributed by atoms with Gasteiger partial charge in [-0.1, -0.05) is 13.8 Å². The Bertz CT molecular complexity index is 297. The summed E-state index contributed by atoms with van der Waals surface area (Å²) in [6, 6.07) is 1.99. The molecule has 2 N–H and O–H groups in total. The van der Waals surface area contributed by atoms with E-state index in [-0.39, 0.29) is 0 Å². The van der Waals surface area contributed by atoms with Crippen LogP contribution in [0.1, 0.15) is 25.8 Å². The fraction of sp³-hybridized carbons (Fsp3) is 0.583. The number of rotatable bonds is 5.